The second-order valence-electron chi connectivity index (χ2n) is 5.07. The number of piperidine rings is 1. The molecule has 1 atom stereocenters. The third-order valence-corrected chi connectivity index (χ3v) is 4.39. The third kappa shape index (κ3) is 4.13. The van der Waals surface area contributed by atoms with E-state index in [1.807, 2.05) is 0 Å². The molecule has 1 aromatic rings. The van der Waals surface area contributed by atoms with Gasteiger partial charge in [0.05, 0.1) is 9.82 Å². The largest absolute Gasteiger partial charge is 0.379 e. The number of rotatable bonds is 5. The van der Waals surface area contributed by atoms with Crippen molar-refractivity contribution in [2.24, 2.45) is 11.1 Å². The zero-order valence-corrected chi connectivity index (χ0v) is 12.2. The number of hydrogen-bond acceptors (Lipinski definition) is 6. The van der Waals surface area contributed by atoms with E-state index < -0.39 is 14.9 Å². The van der Waals surface area contributed by atoms with Gasteiger partial charge in [0.2, 0.25) is 10.0 Å². The second-order valence-corrected chi connectivity index (χ2v) is 6.64. The molecule has 0 unspecified atom stereocenters. The van der Waals surface area contributed by atoms with Crippen LogP contribution in [0.4, 0.5) is 11.4 Å². The Bertz CT molecular complexity index is 626. The Morgan fingerprint density at radius 3 is 2.81 bits per heavy atom. The summed E-state index contributed by atoms with van der Waals surface area (Å²) in [5.41, 5.74) is 0.0169. The molecule has 0 spiro atoms. The normalized spacial score (nSPS) is 19.2. The number of nitro groups is 1. The van der Waals surface area contributed by atoms with Crippen LogP contribution in [0, 0.1) is 16.0 Å². The van der Waals surface area contributed by atoms with Gasteiger partial charge in [0.15, 0.2) is 0 Å². The van der Waals surface area contributed by atoms with Gasteiger partial charge in [0.25, 0.3) is 5.69 Å². The van der Waals surface area contributed by atoms with Gasteiger partial charge < -0.3 is 10.6 Å². The zero-order chi connectivity index (χ0) is 15.5. The first kappa shape index (κ1) is 15.7. The van der Waals surface area contributed by atoms with Crippen LogP contribution in [0.2, 0.25) is 0 Å². The number of primary sulfonamides is 1. The summed E-state index contributed by atoms with van der Waals surface area (Å²) in [6.45, 7) is 2.47. The summed E-state index contributed by atoms with van der Waals surface area (Å²) in [5, 5.41) is 22.4. The molecule has 0 aromatic heterocycles. The average molecular weight is 314 g/mol. The number of nitro benzene ring substituents is 1. The Labute approximate surface area is 122 Å². The van der Waals surface area contributed by atoms with E-state index >= 15 is 0 Å². The summed E-state index contributed by atoms with van der Waals surface area (Å²) in [5.74, 6) is 0.399. The lowest BCUT2D eigenvalue weighted by Crippen LogP contribution is -2.33. The lowest BCUT2D eigenvalue weighted by molar-refractivity contribution is -0.384. The van der Waals surface area contributed by atoms with Crippen molar-refractivity contribution in [3.05, 3.63) is 28.3 Å². The van der Waals surface area contributed by atoms with Crippen molar-refractivity contribution < 1.29 is 13.3 Å². The molecule has 9 heteroatoms. The molecule has 0 saturated carbocycles. The van der Waals surface area contributed by atoms with Crippen LogP contribution in [-0.4, -0.2) is 33.0 Å². The topological polar surface area (TPSA) is 127 Å². The van der Waals surface area contributed by atoms with Gasteiger partial charge in [-0.25, -0.2) is 13.6 Å². The van der Waals surface area contributed by atoms with Crippen LogP contribution >= 0.6 is 0 Å². The lowest BCUT2D eigenvalue weighted by atomic mass is 10.00. The van der Waals surface area contributed by atoms with Gasteiger partial charge in [-0.1, -0.05) is 0 Å². The maximum atomic E-state index is 11.3. The van der Waals surface area contributed by atoms with Gasteiger partial charge in [-0.3, -0.25) is 10.1 Å². The highest BCUT2D eigenvalue weighted by atomic mass is 32.2. The van der Waals surface area contributed by atoms with E-state index in [1.165, 1.54) is 12.1 Å². The fourth-order valence-electron chi connectivity index (χ4n) is 2.34. The predicted molar refractivity (Wildman–Crippen MR) is 78.6 cm³/mol. The quantitative estimate of drug-likeness (QED) is 0.541. The van der Waals surface area contributed by atoms with E-state index in [0.29, 0.717) is 18.2 Å². The first-order valence-corrected chi connectivity index (χ1v) is 8.18. The van der Waals surface area contributed by atoms with Crippen LogP contribution in [0.25, 0.3) is 0 Å². The number of sulfonamides is 1. The molecule has 1 aliphatic rings. The molecule has 0 amide bonds. The van der Waals surface area contributed by atoms with Crippen LogP contribution in [0.3, 0.4) is 0 Å². The van der Waals surface area contributed by atoms with E-state index in [2.05, 4.69) is 10.6 Å². The zero-order valence-electron chi connectivity index (χ0n) is 11.4. The van der Waals surface area contributed by atoms with Gasteiger partial charge in [0.1, 0.15) is 5.69 Å². The van der Waals surface area contributed by atoms with Crippen molar-refractivity contribution in [3.63, 3.8) is 0 Å². The van der Waals surface area contributed by atoms with Crippen LogP contribution in [0.5, 0.6) is 0 Å². The van der Waals surface area contributed by atoms with Crippen LogP contribution < -0.4 is 15.8 Å². The maximum absolute atomic E-state index is 11.3. The lowest BCUT2D eigenvalue weighted by Gasteiger charge is -2.23. The first-order valence-electron chi connectivity index (χ1n) is 6.64. The van der Waals surface area contributed by atoms with Crippen molar-refractivity contribution in [2.45, 2.75) is 17.7 Å². The minimum absolute atomic E-state index is 0.265. The number of nitrogens with two attached hydrogens (primary N) is 1. The molecule has 116 valence electrons. The van der Waals surface area contributed by atoms with E-state index in [1.54, 1.807) is 0 Å². The molecular formula is C12H18N4O4S. The number of benzene rings is 1. The molecule has 1 aromatic carbocycles. The number of nitrogens with one attached hydrogen (secondary N) is 2. The highest BCUT2D eigenvalue weighted by Gasteiger charge is 2.20. The Balaban J connectivity index is 2.16. The molecule has 21 heavy (non-hydrogen) atoms. The molecule has 0 bridgehead atoms. The van der Waals surface area contributed by atoms with E-state index in [9.17, 15) is 18.5 Å². The summed E-state index contributed by atoms with van der Waals surface area (Å²) in [7, 11) is -3.95. The minimum atomic E-state index is -3.95. The highest BCUT2D eigenvalue weighted by Crippen LogP contribution is 2.27. The van der Waals surface area contributed by atoms with Gasteiger partial charge >= 0.3 is 0 Å². The van der Waals surface area contributed by atoms with Crippen molar-refractivity contribution in [1.82, 2.24) is 5.32 Å². The van der Waals surface area contributed by atoms with Gasteiger partial charge in [0, 0.05) is 12.6 Å². The van der Waals surface area contributed by atoms with Crippen molar-refractivity contribution >= 4 is 21.4 Å². The van der Waals surface area contributed by atoms with Crippen LogP contribution in [-0.2, 0) is 10.0 Å². The average Bonchev–Trinajstić information content (AvgIpc) is 2.45. The summed E-state index contributed by atoms with van der Waals surface area (Å²) in [6.07, 6.45) is 2.14. The molecule has 0 aliphatic carbocycles. The molecule has 4 N–H and O–H groups in total. The van der Waals surface area contributed by atoms with Gasteiger partial charge in [-0.05, 0) is 44.0 Å². The summed E-state index contributed by atoms with van der Waals surface area (Å²) in [4.78, 5) is 10.2. The fourth-order valence-corrected chi connectivity index (χ4v) is 2.88. The van der Waals surface area contributed by atoms with Gasteiger partial charge in [-0.2, -0.15) is 0 Å². The number of anilines is 1. The number of nitrogens with zero attached hydrogens (tertiary/aromatic N) is 1. The fraction of sp³-hybridized carbons (Fsp3) is 0.500. The van der Waals surface area contributed by atoms with Crippen LogP contribution in [0.15, 0.2) is 23.1 Å². The van der Waals surface area contributed by atoms with E-state index in [4.69, 9.17) is 5.14 Å². The Hall–Kier alpha value is -1.71. The summed E-state index contributed by atoms with van der Waals surface area (Å²) >= 11 is 0. The molecule has 2 rings (SSSR count). The van der Waals surface area contributed by atoms with Crippen LogP contribution in [0.1, 0.15) is 12.8 Å². The first-order chi connectivity index (χ1) is 9.88. The van der Waals surface area contributed by atoms with Crippen molar-refractivity contribution in [1.29, 1.82) is 0 Å². The SMILES string of the molecule is NS(=O)(=O)c1ccc(NC[C@@H]2CCCNC2)c([N+](=O)[O-])c1. The molecule has 1 fully saturated rings. The molecular weight excluding hydrogens is 296 g/mol. The van der Waals surface area contributed by atoms with Crippen molar-refractivity contribution in [2.75, 3.05) is 25.0 Å². The van der Waals surface area contributed by atoms with E-state index in [0.717, 1.165) is 32.0 Å². The van der Waals surface area contributed by atoms with Crippen molar-refractivity contribution in [3.8, 4) is 0 Å². The van der Waals surface area contributed by atoms with E-state index in [-0.39, 0.29) is 10.6 Å². The minimum Gasteiger partial charge on any atom is -0.379 e. The third-order valence-electron chi connectivity index (χ3n) is 3.47. The smallest absolute Gasteiger partial charge is 0.293 e. The molecule has 0 radical (unpaired) electrons. The van der Waals surface area contributed by atoms with Gasteiger partial charge in [-0.15, -0.1) is 0 Å². The summed E-state index contributed by atoms with van der Waals surface area (Å²) in [6, 6.07) is 3.63. The Morgan fingerprint density at radius 2 is 2.24 bits per heavy atom. The Kier molecular flexibility index (Phi) is 4.76. The predicted octanol–water partition coefficient (Wildman–Crippen LogP) is 0.654. The molecule has 8 nitrogen and oxygen atoms in total. The standard InChI is InChI=1S/C12H18N4O4S/c13-21(19,20)10-3-4-11(12(6-10)16(17)18)15-8-9-2-1-5-14-7-9/h3-4,6,9,14-15H,1-2,5,7-8H2,(H2,13,19,20)/t9-/m1/s1. The maximum Gasteiger partial charge on any atom is 0.293 e. The Morgan fingerprint density at radius 1 is 1.48 bits per heavy atom. The highest BCUT2D eigenvalue weighted by molar-refractivity contribution is 7.89. The molecule has 1 heterocycles. The number of hydrogen-bond donors (Lipinski definition) is 3. The second kappa shape index (κ2) is 6.37. The molecule has 1 saturated heterocycles. The summed E-state index contributed by atoms with van der Waals surface area (Å²) < 4.78 is 22.5. The molecule has 1 aliphatic heterocycles. The monoisotopic (exact) mass is 314 g/mol.